The number of nitrogens with one attached hydrogen (secondary N) is 3. The summed E-state index contributed by atoms with van der Waals surface area (Å²) in [6.07, 6.45) is 3.37. The molecule has 6 aromatic rings. The van der Waals surface area contributed by atoms with Crippen LogP contribution in [0.5, 0.6) is 0 Å². The highest BCUT2D eigenvalue weighted by Crippen LogP contribution is 2.45. The van der Waals surface area contributed by atoms with Gasteiger partial charge < -0.3 is 20.0 Å². The average Bonchev–Trinajstić information content (AvgIpc) is 3.45. The van der Waals surface area contributed by atoms with Crippen molar-refractivity contribution in [1.29, 1.82) is 0 Å². The summed E-state index contributed by atoms with van der Waals surface area (Å²) < 4.78 is 35.9. The minimum absolute atomic E-state index is 0.00795. The number of aromatic amines is 1. The molecule has 1 aliphatic rings. The van der Waals surface area contributed by atoms with Crippen LogP contribution < -0.4 is 10.6 Å². The number of amides is 2. The number of aromatic nitrogens is 2. The SMILES string of the molecule is CNC(=O)c1c(-c2ccc(F)cc2)oc2ccc(-c3cc(C(=O)NC4(c5ccc6[nH]ccc6n5)CC4)ccc3C)c(F)c12. The Morgan fingerprint density at radius 3 is 2.47 bits per heavy atom. The van der Waals surface area contributed by atoms with Crippen LogP contribution in [0.1, 0.15) is 44.8 Å². The number of aryl methyl sites for hydroxylation is 1. The number of pyridine rings is 1. The van der Waals surface area contributed by atoms with Gasteiger partial charge in [0.2, 0.25) is 0 Å². The van der Waals surface area contributed by atoms with Crippen LogP contribution in [0, 0.1) is 18.6 Å². The smallest absolute Gasteiger partial charge is 0.255 e. The van der Waals surface area contributed by atoms with Gasteiger partial charge in [0.1, 0.15) is 23.0 Å². The fourth-order valence-electron chi connectivity index (χ4n) is 5.62. The molecule has 3 aromatic carbocycles. The maximum absolute atomic E-state index is 16.4. The van der Waals surface area contributed by atoms with Crippen LogP contribution in [0.4, 0.5) is 8.78 Å². The lowest BCUT2D eigenvalue weighted by Crippen LogP contribution is -2.35. The maximum Gasteiger partial charge on any atom is 0.255 e. The van der Waals surface area contributed by atoms with Gasteiger partial charge in [-0.25, -0.2) is 13.8 Å². The van der Waals surface area contributed by atoms with Gasteiger partial charge in [-0.3, -0.25) is 9.59 Å². The number of furan rings is 1. The molecule has 214 valence electrons. The first-order valence-electron chi connectivity index (χ1n) is 13.9. The molecule has 0 atom stereocenters. The Labute approximate surface area is 244 Å². The van der Waals surface area contributed by atoms with Gasteiger partial charge >= 0.3 is 0 Å². The van der Waals surface area contributed by atoms with Crippen molar-refractivity contribution in [3.8, 4) is 22.5 Å². The van der Waals surface area contributed by atoms with Gasteiger partial charge in [0.05, 0.1) is 33.2 Å². The van der Waals surface area contributed by atoms with Crippen LogP contribution in [0.3, 0.4) is 0 Å². The lowest BCUT2D eigenvalue weighted by molar-refractivity contribution is 0.0928. The molecule has 7 rings (SSSR count). The van der Waals surface area contributed by atoms with Crippen molar-refractivity contribution in [2.75, 3.05) is 7.05 Å². The van der Waals surface area contributed by atoms with E-state index in [4.69, 9.17) is 9.40 Å². The molecule has 1 aliphatic carbocycles. The monoisotopic (exact) mass is 576 g/mol. The second kappa shape index (κ2) is 9.90. The second-order valence-electron chi connectivity index (χ2n) is 10.9. The van der Waals surface area contributed by atoms with Crippen LogP contribution in [0.15, 0.2) is 83.4 Å². The number of carbonyl (C=O) groups is 2. The molecule has 3 N–H and O–H groups in total. The van der Waals surface area contributed by atoms with Gasteiger partial charge in [0, 0.05) is 29.9 Å². The Balaban J connectivity index is 1.27. The first kappa shape index (κ1) is 26.6. The summed E-state index contributed by atoms with van der Waals surface area (Å²) in [6, 6.07) is 19.5. The molecule has 43 heavy (non-hydrogen) atoms. The predicted molar refractivity (Wildman–Crippen MR) is 160 cm³/mol. The highest BCUT2D eigenvalue weighted by atomic mass is 19.1. The zero-order valence-electron chi connectivity index (χ0n) is 23.3. The van der Waals surface area contributed by atoms with Crippen LogP contribution in [-0.4, -0.2) is 28.8 Å². The highest BCUT2D eigenvalue weighted by Gasteiger charge is 2.47. The van der Waals surface area contributed by atoms with Crippen molar-refractivity contribution in [3.05, 3.63) is 113 Å². The molecule has 0 unspecified atom stereocenters. The Morgan fingerprint density at radius 1 is 0.930 bits per heavy atom. The van der Waals surface area contributed by atoms with Crippen molar-refractivity contribution in [2.24, 2.45) is 0 Å². The molecule has 9 heteroatoms. The molecule has 7 nitrogen and oxygen atoms in total. The number of hydrogen-bond acceptors (Lipinski definition) is 4. The molecule has 3 aromatic heterocycles. The average molecular weight is 577 g/mol. The zero-order valence-corrected chi connectivity index (χ0v) is 23.3. The van der Waals surface area contributed by atoms with Crippen molar-refractivity contribution in [2.45, 2.75) is 25.3 Å². The van der Waals surface area contributed by atoms with Crippen molar-refractivity contribution in [3.63, 3.8) is 0 Å². The predicted octanol–water partition coefficient (Wildman–Crippen LogP) is 7.01. The number of H-pyrrole nitrogens is 1. The third kappa shape index (κ3) is 4.44. The Morgan fingerprint density at radius 2 is 1.72 bits per heavy atom. The number of fused-ring (bicyclic) bond motifs is 2. The Bertz CT molecular complexity index is 2070. The lowest BCUT2D eigenvalue weighted by Gasteiger charge is -2.18. The molecule has 2 amide bonds. The summed E-state index contributed by atoms with van der Waals surface area (Å²) >= 11 is 0. The Hall–Kier alpha value is -5.31. The highest BCUT2D eigenvalue weighted by molar-refractivity contribution is 6.12. The molecule has 3 heterocycles. The molecular weight excluding hydrogens is 550 g/mol. The molecular formula is C34H26F2N4O3. The van der Waals surface area contributed by atoms with E-state index in [1.807, 2.05) is 31.3 Å². The van der Waals surface area contributed by atoms with E-state index in [0.29, 0.717) is 16.7 Å². The summed E-state index contributed by atoms with van der Waals surface area (Å²) in [5, 5.41) is 5.72. The van der Waals surface area contributed by atoms with Crippen molar-refractivity contribution in [1.82, 2.24) is 20.6 Å². The summed E-state index contributed by atoms with van der Waals surface area (Å²) in [4.78, 5) is 34.4. The first-order chi connectivity index (χ1) is 20.8. The minimum Gasteiger partial charge on any atom is -0.455 e. The molecule has 0 saturated heterocycles. The quantitative estimate of drug-likeness (QED) is 0.199. The number of nitrogens with zero attached hydrogens (tertiary/aromatic N) is 1. The topological polar surface area (TPSA) is 100 Å². The fourth-order valence-corrected chi connectivity index (χ4v) is 5.62. The zero-order chi connectivity index (χ0) is 29.9. The van der Waals surface area contributed by atoms with E-state index >= 15 is 4.39 Å². The standard InChI is InChI=1S/C34H26F2N4O3/c1-18-3-4-20(32(41)40-34(14-15-34)27-12-10-24-25(39-27)13-16-38-24)17-23(18)22-9-11-26-28(30(22)36)29(33(42)37-2)31(43-26)19-5-7-21(35)8-6-19/h3-13,16-17,38H,14-15H2,1-2H3,(H,37,42)(H,40,41). The normalized spacial score (nSPS) is 13.8. The van der Waals surface area contributed by atoms with E-state index in [1.54, 1.807) is 30.3 Å². The molecule has 0 bridgehead atoms. The van der Waals surface area contributed by atoms with Crippen molar-refractivity contribution < 1.29 is 22.8 Å². The second-order valence-corrected chi connectivity index (χ2v) is 10.9. The van der Waals surface area contributed by atoms with Gasteiger partial charge in [-0.15, -0.1) is 0 Å². The third-order valence-electron chi connectivity index (χ3n) is 8.14. The van der Waals surface area contributed by atoms with E-state index in [-0.39, 0.29) is 33.8 Å². The summed E-state index contributed by atoms with van der Waals surface area (Å²) in [6.45, 7) is 1.83. The van der Waals surface area contributed by atoms with E-state index in [2.05, 4.69) is 15.6 Å². The Kier molecular flexibility index (Phi) is 6.12. The largest absolute Gasteiger partial charge is 0.455 e. The number of halogens is 2. The third-order valence-corrected chi connectivity index (χ3v) is 8.14. The van der Waals surface area contributed by atoms with Gasteiger partial charge in [-0.05, 0) is 97.6 Å². The summed E-state index contributed by atoms with van der Waals surface area (Å²) in [7, 11) is 1.45. The first-order valence-corrected chi connectivity index (χ1v) is 13.9. The van der Waals surface area contributed by atoms with Crippen LogP contribution in [0.25, 0.3) is 44.5 Å². The number of hydrogen-bond donors (Lipinski definition) is 3. The summed E-state index contributed by atoms with van der Waals surface area (Å²) in [5.74, 6) is -1.79. The summed E-state index contributed by atoms with van der Waals surface area (Å²) in [5.41, 5.74) is 4.49. The van der Waals surface area contributed by atoms with E-state index in [1.165, 1.54) is 31.3 Å². The minimum atomic E-state index is -0.656. The van der Waals surface area contributed by atoms with E-state index < -0.39 is 23.1 Å². The van der Waals surface area contributed by atoms with Crippen LogP contribution in [-0.2, 0) is 5.54 Å². The van der Waals surface area contributed by atoms with Crippen molar-refractivity contribution >= 4 is 33.8 Å². The maximum atomic E-state index is 16.4. The number of carbonyl (C=O) groups excluding carboxylic acids is 2. The van der Waals surface area contributed by atoms with Crippen LogP contribution in [0.2, 0.25) is 0 Å². The molecule has 1 saturated carbocycles. The van der Waals surface area contributed by atoms with Gasteiger partial charge in [-0.2, -0.15) is 0 Å². The van der Waals surface area contributed by atoms with E-state index in [0.717, 1.165) is 35.1 Å². The van der Waals surface area contributed by atoms with Gasteiger partial charge in [0.15, 0.2) is 0 Å². The number of benzene rings is 3. The number of rotatable bonds is 6. The molecule has 0 aliphatic heterocycles. The fraction of sp³-hybridized carbons (Fsp3) is 0.147. The van der Waals surface area contributed by atoms with Gasteiger partial charge in [0.25, 0.3) is 11.8 Å². The molecule has 0 radical (unpaired) electrons. The molecule has 0 spiro atoms. The molecule has 1 fully saturated rings. The van der Waals surface area contributed by atoms with Crippen LogP contribution >= 0.6 is 0 Å². The lowest BCUT2D eigenvalue weighted by atomic mass is 9.94. The van der Waals surface area contributed by atoms with Gasteiger partial charge in [-0.1, -0.05) is 6.07 Å². The van der Waals surface area contributed by atoms with E-state index in [9.17, 15) is 14.0 Å².